The second-order valence-corrected chi connectivity index (χ2v) is 7.04. The van der Waals surface area contributed by atoms with Crippen molar-refractivity contribution in [2.24, 2.45) is 0 Å². The van der Waals surface area contributed by atoms with Crippen molar-refractivity contribution in [2.45, 2.75) is 13.3 Å². The Morgan fingerprint density at radius 2 is 1.26 bits per heavy atom. The van der Waals surface area contributed by atoms with E-state index < -0.39 is 17.5 Å². The Kier molecular flexibility index (Phi) is 5.78. The first-order valence-corrected chi connectivity index (χ1v) is 9.84. The van der Waals surface area contributed by atoms with Gasteiger partial charge in [-0.25, -0.2) is 13.2 Å². The van der Waals surface area contributed by atoms with Crippen molar-refractivity contribution in [1.82, 2.24) is 0 Å². The standard InChI is InChI=1S/C28H17F3/c1-2-19-3-5-20(6-4-19)7-8-22-10-13-23(27(30)18-22)12-9-21-11-15-25-24(17-21)14-16-26(29)28(25)31/h3-6,10-11,13-18H,2H2,1H3. The topological polar surface area (TPSA) is 0 Å². The minimum absolute atomic E-state index is 0.184. The van der Waals surface area contributed by atoms with Crippen molar-refractivity contribution in [3.05, 3.63) is 118 Å². The van der Waals surface area contributed by atoms with Crippen LogP contribution in [0.3, 0.4) is 0 Å². The van der Waals surface area contributed by atoms with Crippen molar-refractivity contribution >= 4 is 10.8 Å². The number of rotatable bonds is 1. The summed E-state index contributed by atoms with van der Waals surface area (Å²) < 4.78 is 41.6. The van der Waals surface area contributed by atoms with Gasteiger partial charge < -0.3 is 0 Å². The molecule has 0 bridgehead atoms. The first-order chi connectivity index (χ1) is 15.0. The van der Waals surface area contributed by atoms with Crippen LogP contribution in [0.4, 0.5) is 13.2 Å². The van der Waals surface area contributed by atoms with Crippen LogP contribution < -0.4 is 0 Å². The molecule has 0 aliphatic carbocycles. The molecule has 0 N–H and O–H groups in total. The third-order valence-electron chi connectivity index (χ3n) is 4.93. The first kappa shape index (κ1) is 20.3. The number of benzene rings is 4. The molecule has 0 radical (unpaired) electrons. The number of aryl methyl sites for hydroxylation is 1. The van der Waals surface area contributed by atoms with Gasteiger partial charge in [0.1, 0.15) is 5.82 Å². The van der Waals surface area contributed by atoms with Gasteiger partial charge in [0.2, 0.25) is 0 Å². The van der Waals surface area contributed by atoms with E-state index in [1.54, 1.807) is 24.3 Å². The molecule has 0 nitrogen and oxygen atoms in total. The van der Waals surface area contributed by atoms with E-state index in [2.05, 4.69) is 30.6 Å². The van der Waals surface area contributed by atoms with E-state index in [1.807, 2.05) is 24.3 Å². The highest BCUT2D eigenvalue weighted by atomic mass is 19.2. The normalized spacial score (nSPS) is 10.2. The minimum Gasteiger partial charge on any atom is -0.206 e. The van der Waals surface area contributed by atoms with E-state index in [0.29, 0.717) is 16.5 Å². The third kappa shape index (κ3) is 4.63. The predicted octanol–water partition coefficient (Wildman–Crippen LogP) is 6.62. The first-order valence-electron chi connectivity index (χ1n) is 9.84. The Balaban J connectivity index is 1.56. The van der Waals surface area contributed by atoms with Crippen LogP contribution >= 0.6 is 0 Å². The van der Waals surface area contributed by atoms with Gasteiger partial charge in [0, 0.05) is 22.1 Å². The number of hydrogen-bond donors (Lipinski definition) is 0. The van der Waals surface area contributed by atoms with Crippen molar-refractivity contribution in [1.29, 1.82) is 0 Å². The molecule has 0 amide bonds. The van der Waals surface area contributed by atoms with E-state index in [1.165, 1.54) is 23.8 Å². The molecule has 4 rings (SSSR count). The lowest BCUT2D eigenvalue weighted by molar-refractivity contribution is 0.517. The lowest BCUT2D eigenvalue weighted by atomic mass is 10.1. The highest BCUT2D eigenvalue weighted by molar-refractivity contribution is 5.84. The van der Waals surface area contributed by atoms with Crippen molar-refractivity contribution in [2.75, 3.05) is 0 Å². The van der Waals surface area contributed by atoms with Crippen LogP contribution in [0.5, 0.6) is 0 Å². The summed E-state index contributed by atoms with van der Waals surface area (Å²) in [5.41, 5.74) is 3.49. The van der Waals surface area contributed by atoms with E-state index in [-0.39, 0.29) is 10.9 Å². The van der Waals surface area contributed by atoms with Crippen LogP contribution in [0.15, 0.2) is 72.8 Å². The summed E-state index contributed by atoms with van der Waals surface area (Å²) in [7, 11) is 0. The molecule has 0 saturated heterocycles. The van der Waals surface area contributed by atoms with Gasteiger partial charge in [-0.05, 0) is 65.9 Å². The highest BCUT2D eigenvalue weighted by Crippen LogP contribution is 2.21. The van der Waals surface area contributed by atoms with Crippen LogP contribution in [0.1, 0.15) is 34.7 Å². The summed E-state index contributed by atoms with van der Waals surface area (Å²) in [6.07, 6.45) is 0.968. The summed E-state index contributed by atoms with van der Waals surface area (Å²) in [4.78, 5) is 0. The monoisotopic (exact) mass is 410 g/mol. The fourth-order valence-corrected chi connectivity index (χ4v) is 3.14. The average molecular weight is 410 g/mol. The Morgan fingerprint density at radius 1 is 0.613 bits per heavy atom. The number of halogens is 3. The second-order valence-electron chi connectivity index (χ2n) is 7.04. The zero-order chi connectivity index (χ0) is 21.8. The maximum Gasteiger partial charge on any atom is 0.166 e. The van der Waals surface area contributed by atoms with Crippen LogP contribution in [0, 0.1) is 41.1 Å². The zero-order valence-electron chi connectivity index (χ0n) is 16.8. The molecule has 0 heterocycles. The maximum absolute atomic E-state index is 14.5. The smallest absolute Gasteiger partial charge is 0.166 e. The summed E-state index contributed by atoms with van der Waals surface area (Å²) in [5.74, 6) is 9.42. The molecule has 0 aliphatic rings. The second kappa shape index (κ2) is 8.82. The Labute approximate surface area is 179 Å². The van der Waals surface area contributed by atoms with Crippen molar-refractivity contribution in [3.8, 4) is 23.7 Å². The fraction of sp³-hybridized carbons (Fsp3) is 0.0714. The van der Waals surface area contributed by atoms with E-state index >= 15 is 0 Å². The minimum atomic E-state index is -0.894. The van der Waals surface area contributed by atoms with Crippen LogP contribution in [0.2, 0.25) is 0 Å². The molecule has 0 aliphatic heterocycles. The SMILES string of the molecule is CCc1ccc(C#Cc2ccc(C#Cc3ccc4c(F)c(F)ccc4c3)c(F)c2)cc1. The van der Waals surface area contributed by atoms with Gasteiger partial charge in [-0.1, -0.05) is 54.9 Å². The molecule has 0 spiro atoms. The largest absolute Gasteiger partial charge is 0.206 e. The van der Waals surface area contributed by atoms with Crippen LogP contribution in [0.25, 0.3) is 10.8 Å². The van der Waals surface area contributed by atoms with Gasteiger partial charge in [-0.3, -0.25) is 0 Å². The van der Waals surface area contributed by atoms with Gasteiger partial charge >= 0.3 is 0 Å². The molecule has 0 saturated carbocycles. The summed E-state index contributed by atoms with van der Waals surface area (Å²) >= 11 is 0. The molecule has 4 aromatic carbocycles. The molecule has 0 atom stereocenters. The lowest BCUT2D eigenvalue weighted by Gasteiger charge is -2.01. The Morgan fingerprint density at radius 3 is 2.00 bits per heavy atom. The maximum atomic E-state index is 14.5. The quantitative estimate of drug-likeness (QED) is 0.309. The van der Waals surface area contributed by atoms with E-state index in [0.717, 1.165) is 18.1 Å². The van der Waals surface area contributed by atoms with Crippen LogP contribution in [-0.2, 0) is 6.42 Å². The predicted molar refractivity (Wildman–Crippen MR) is 118 cm³/mol. The molecular weight excluding hydrogens is 393 g/mol. The molecule has 0 fully saturated rings. The third-order valence-corrected chi connectivity index (χ3v) is 4.93. The van der Waals surface area contributed by atoms with E-state index in [9.17, 15) is 13.2 Å². The highest BCUT2D eigenvalue weighted by Gasteiger charge is 2.07. The summed E-state index contributed by atoms with van der Waals surface area (Å²) in [6, 6.07) is 19.9. The molecule has 3 heteroatoms. The Hall–Kier alpha value is -3.95. The van der Waals surface area contributed by atoms with Gasteiger partial charge in [0.05, 0.1) is 5.56 Å². The summed E-state index contributed by atoms with van der Waals surface area (Å²) in [6.45, 7) is 2.09. The summed E-state index contributed by atoms with van der Waals surface area (Å²) in [5, 5.41) is 0.716. The van der Waals surface area contributed by atoms with Gasteiger partial charge in [0.15, 0.2) is 11.6 Å². The van der Waals surface area contributed by atoms with Crippen molar-refractivity contribution < 1.29 is 13.2 Å². The van der Waals surface area contributed by atoms with Crippen molar-refractivity contribution in [3.63, 3.8) is 0 Å². The van der Waals surface area contributed by atoms with E-state index in [4.69, 9.17) is 0 Å². The van der Waals surface area contributed by atoms with Gasteiger partial charge in [0.25, 0.3) is 0 Å². The molecule has 31 heavy (non-hydrogen) atoms. The zero-order valence-corrected chi connectivity index (χ0v) is 16.8. The van der Waals surface area contributed by atoms with Gasteiger partial charge in [-0.2, -0.15) is 0 Å². The molecule has 0 unspecified atom stereocenters. The average Bonchev–Trinajstić information content (AvgIpc) is 2.80. The number of fused-ring (bicyclic) bond motifs is 1. The molecule has 4 aromatic rings. The molecule has 0 aromatic heterocycles. The molecular formula is C28H17F3. The fourth-order valence-electron chi connectivity index (χ4n) is 3.14. The molecule has 150 valence electrons. The number of hydrogen-bond acceptors (Lipinski definition) is 0. The lowest BCUT2D eigenvalue weighted by Crippen LogP contribution is -1.88. The Bertz CT molecular complexity index is 1390. The van der Waals surface area contributed by atoms with Gasteiger partial charge in [-0.15, -0.1) is 0 Å². The van der Waals surface area contributed by atoms with Crippen LogP contribution in [-0.4, -0.2) is 0 Å².